The van der Waals surface area contributed by atoms with Crippen LogP contribution < -0.4 is 0 Å². The molecule has 5 heteroatoms. The molecule has 0 aliphatic carbocycles. The summed E-state index contributed by atoms with van der Waals surface area (Å²) < 4.78 is 5.45. The van der Waals surface area contributed by atoms with Crippen LogP contribution in [0.15, 0.2) is 54.6 Å². The summed E-state index contributed by atoms with van der Waals surface area (Å²) >= 11 is 0. The highest BCUT2D eigenvalue weighted by molar-refractivity contribution is 6.07. The van der Waals surface area contributed by atoms with Crippen molar-refractivity contribution in [1.29, 1.82) is 0 Å². The van der Waals surface area contributed by atoms with Gasteiger partial charge in [-0.2, -0.15) is 0 Å². The predicted octanol–water partition coefficient (Wildman–Crippen LogP) is 3.27. The Hall–Kier alpha value is -2.76. The number of pyridine rings is 1. The lowest BCUT2D eigenvalue weighted by Gasteiger charge is -2.32. The zero-order valence-electron chi connectivity index (χ0n) is 16.5. The number of rotatable bonds is 3. The van der Waals surface area contributed by atoms with Gasteiger partial charge in [-0.05, 0) is 11.6 Å². The topological polar surface area (TPSA) is 45.7 Å². The molecule has 148 valence electrons. The van der Waals surface area contributed by atoms with Gasteiger partial charge < -0.3 is 9.64 Å². The lowest BCUT2D eigenvalue weighted by molar-refractivity contribution is 0.0302. The number of hydrogen-bond donors (Lipinski definition) is 0. The maximum Gasteiger partial charge on any atom is 0.255 e. The largest absolute Gasteiger partial charge is 0.378 e. The van der Waals surface area contributed by atoms with Gasteiger partial charge in [0.2, 0.25) is 0 Å². The van der Waals surface area contributed by atoms with Gasteiger partial charge in [0.15, 0.2) is 0 Å². The number of nitrogens with zero attached hydrogens (tertiary/aromatic N) is 3. The van der Waals surface area contributed by atoms with E-state index in [9.17, 15) is 4.79 Å². The standard InChI is InChI=1S/C24H25N3O2/c28-24(27-12-14-29-15-13-27)23-19-8-4-5-9-21(19)25-22-10-11-26(17-20(22)23)16-18-6-2-1-3-7-18/h1-9H,10-17H2. The Bertz CT molecular complexity index is 1030. The normalized spacial score (nSPS) is 17.3. The molecule has 2 aliphatic heterocycles. The summed E-state index contributed by atoms with van der Waals surface area (Å²) in [4.78, 5) is 22.9. The van der Waals surface area contributed by atoms with E-state index in [1.54, 1.807) is 0 Å². The van der Waals surface area contributed by atoms with Crippen molar-refractivity contribution in [2.75, 3.05) is 32.8 Å². The Morgan fingerprint density at radius 1 is 0.966 bits per heavy atom. The summed E-state index contributed by atoms with van der Waals surface area (Å²) in [5, 5.41) is 0.962. The van der Waals surface area contributed by atoms with Crippen LogP contribution in [0, 0.1) is 0 Å². The molecule has 0 spiro atoms. The van der Waals surface area contributed by atoms with E-state index in [1.165, 1.54) is 5.56 Å². The van der Waals surface area contributed by atoms with Crippen LogP contribution in [0.5, 0.6) is 0 Å². The first-order valence-electron chi connectivity index (χ1n) is 10.3. The van der Waals surface area contributed by atoms with Gasteiger partial charge in [0, 0.05) is 55.8 Å². The number of morpholine rings is 1. The van der Waals surface area contributed by atoms with Crippen LogP contribution in [0.25, 0.3) is 10.9 Å². The lowest BCUT2D eigenvalue weighted by Crippen LogP contribution is -2.42. The molecular weight excluding hydrogens is 362 g/mol. The monoisotopic (exact) mass is 387 g/mol. The molecule has 29 heavy (non-hydrogen) atoms. The fourth-order valence-corrected chi connectivity index (χ4v) is 4.39. The summed E-state index contributed by atoms with van der Waals surface area (Å²) in [5.41, 5.74) is 5.22. The van der Waals surface area contributed by atoms with Gasteiger partial charge in [-0.15, -0.1) is 0 Å². The van der Waals surface area contributed by atoms with Crippen molar-refractivity contribution in [3.63, 3.8) is 0 Å². The van der Waals surface area contributed by atoms with Crippen molar-refractivity contribution in [1.82, 2.24) is 14.8 Å². The summed E-state index contributed by atoms with van der Waals surface area (Å²) in [6.45, 7) is 5.12. The number of para-hydroxylation sites is 1. The highest BCUT2D eigenvalue weighted by Crippen LogP contribution is 2.30. The number of amides is 1. The number of carbonyl (C=O) groups is 1. The van der Waals surface area contributed by atoms with E-state index in [1.807, 2.05) is 35.2 Å². The van der Waals surface area contributed by atoms with Crippen LogP contribution in [-0.2, 0) is 24.2 Å². The van der Waals surface area contributed by atoms with Crippen LogP contribution >= 0.6 is 0 Å². The van der Waals surface area contributed by atoms with Crippen molar-refractivity contribution in [2.24, 2.45) is 0 Å². The third-order valence-electron chi connectivity index (χ3n) is 5.89. The van der Waals surface area contributed by atoms with Crippen LogP contribution in [0.1, 0.15) is 27.2 Å². The quantitative estimate of drug-likeness (QED) is 0.692. The molecule has 5 rings (SSSR count). The number of hydrogen-bond acceptors (Lipinski definition) is 4. The number of fused-ring (bicyclic) bond motifs is 2. The molecule has 1 fully saturated rings. The summed E-state index contributed by atoms with van der Waals surface area (Å²) in [6.07, 6.45) is 0.871. The van der Waals surface area contributed by atoms with Crippen molar-refractivity contribution >= 4 is 16.8 Å². The van der Waals surface area contributed by atoms with Crippen molar-refractivity contribution in [3.8, 4) is 0 Å². The van der Waals surface area contributed by atoms with Crippen LogP contribution in [-0.4, -0.2) is 53.5 Å². The van der Waals surface area contributed by atoms with Crippen molar-refractivity contribution in [2.45, 2.75) is 19.5 Å². The van der Waals surface area contributed by atoms with E-state index in [4.69, 9.17) is 9.72 Å². The lowest BCUT2D eigenvalue weighted by atomic mass is 9.94. The Kier molecular flexibility index (Phi) is 5.00. The molecule has 3 aromatic rings. The fourth-order valence-electron chi connectivity index (χ4n) is 4.39. The smallest absolute Gasteiger partial charge is 0.255 e. The molecule has 0 bridgehead atoms. The second-order valence-electron chi connectivity index (χ2n) is 7.78. The number of carbonyl (C=O) groups excluding carboxylic acids is 1. The highest BCUT2D eigenvalue weighted by Gasteiger charge is 2.29. The first-order valence-corrected chi connectivity index (χ1v) is 10.3. The molecule has 0 unspecified atom stereocenters. The number of ether oxygens (including phenoxy) is 1. The molecule has 0 atom stereocenters. The van der Waals surface area contributed by atoms with E-state index in [0.717, 1.165) is 53.8 Å². The second-order valence-corrected chi connectivity index (χ2v) is 7.78. The zero-order chi connectivity index (χ0) is 19.6. The predicted molar refractivity (Wildman–Crippen MR) is 113 cm³/mol. The molecule has 0 radical (unpaired) electrons. The third kappa shape index (κ3) is 3.63. The first kappa shape index (κ1) is 18.3. The molecule has 1 aromatic heterocycles. The van der Waals surface area contributed by atoms with Gasteiger partial charge in [0.1, 0.15) is 0 Å². The Labute approximate surface area is 170 Å². The molecule has 1 saturated heterocycles. The van der Waals surface area contributed by atoms with E-state index >= 15 is 0 Å². The van der Waals surface area contributed by atoms with E-state index < -0.39 is 0 Å². The Balaban J connectivity index is 1.54. The van der Waals surface area contributed by atoms with E-state index in [-0.39, 0.29) is 5.91 Å². The molecule has 2 aromatic carbocycles. The van der Waals surface area contributed by atoms with E-state index in [0.29, 0.717) is 26.3 Å². The average molecular weight is 387 g/mol. The molecule has 3 heterocycles. The fraction of sp³-hybridized carbons (Fsp3) is 0.333. The third-order valence-corrected chi connectivity index (χ3v) is 5.89. The van der Waals surface area contributed by atoms with Crippen molar-refractivity contribution < 1.29 is 9.53 Å². The molecule has 2 aliphatic rings. The molecular formula is C24H25N3O2. The number of aromatic nitrogens is 1. The maximum absolute atomic E-state index is 13.6. The van der Waals surface area contributed by atoms with Gasteiger partial charge in [-0.25, -0.2) is 0 Å². The summed E-state index contributed by atoms with van der Waals surface area (Å²) in [7, 11) is 0. The minimum atomic E-state index is 0.115. The maximum atomic E-state index is 13.6. The molecule has 0 saturated carbocycles. The van der Waals surface area contributed by atoms with Gasteiger partial charge >= 0.3 is 0 Å². The highest BCUT2D eigenvalue weighted by atomic mass is 16.5. The SMILES string of the molecule is O=C(c1c2c(nc3ccccc13)CCN(Cc1ccccc1)C2)N1CCOCC1. The number of benzene rings is 2. The second kappa shape index (κ2) is 7.93. The van der Waals surface area contributed by atoms with Crippen molar-refractivity contribution in [3.05, 3.63) is 77.0 Å². The average Bonchev–Trinajstić information content (AvgIpc) is 2.78. The summed E-state index contributed by atoms with van der Waals surface area (Å²) in [6, 6.07) is 18.6. The molecule has 5 nitrogen and oxygen atoms in total. The van der Waals surface area contributed by atoms with Gasteiger partial charge in [0.05, 0.1) is 24.3 Å². The Morgan fingerprint density at radius 2 is 1.72 bits per heavy atom. The Morgan fingerprint density at radius 3 is 2.55 bits per heavy atom. The van der Waals surface area contributed by atoms with Gasteiger partial charge in [0.25, 0.3) is 5.91 Å². The first-order chi connectivity index (χ1) is 14.3. The van der Waals surface area contributed by atoms with Gasteiger partial charge in [-0.1, -0.05) is 48.5 Å². The minimum Gasteiger partial charge on any atom is -0.378 e. The van der Waals surface area contributed by atoms with Crippen LogP contribution in [0.4, 0.5) is 0 Å². The van der Waals surface area contributed by atoms with Gasteiger partial charge in [-0.3, -0.25) is 14.7 Å². The van der Waals surface area contributed by atoms with Crippen LogP contribution in [0.2, 0.25) is 0 Å². The van der Waals surface area contributed by atoms with E-state index in [2.05, 4.69) is 29.2 Å². The summed E-state index contributed by atoms with van der Waals surface area (Å²) in [5.74, 6) is 0.115. The zero-order valence-corrected chi connectivity index (χ0v) is 16.5. The van der Waals surface area contributed by atoms with Crippen LogP contribution in [0.3, 0.4) is 0 Å². The molecule has 0 N–H and O–H groups in total. The molecule has 1 amide bonds. The minimum absolute atomic E-state index is 0.115.